The van der Waals surface area contributed by atoms with Gasteiger partial charge in [0, 0.05) is 24.2 Å². The molecule has 2 heterocycles. The second-order valence-corrected chi connectivity index (χ2v) is 5.97. The van der Waals surface area contributed by atoms with Gasteiger partial charge >= 0.3 is 12.0 Å². The second-order valence-electron chi connectivity index (χ2n) is 5.97. The topological polar surface area (TPSA) is 87.3 Å². The maximum absolute atomic E-state index is 14.4. The Balaban J connectivity index is 1.97. The fraction of sp³-hybridized carbons (Fsp3) is 0.353. The number of hydrogen-bond acceptors (Lipinski definition) is 4. The van der Waals surface area contributed by atoms with Crippen LogP contribution in [0.4, 0.5) is 13.6 Å². The summed E-state index contributed by atoms with van der Waals surface area (Å²) >= 11 is 0. The van der Waals surface area contributed by atoms with Crippen molar-refractivity contribution in [2.75, 3.05) is 13.7 Å². The highest BCUT2D eigenvalue weighted by atomic mass is 19.1. The first kappa shape index (κ1) is 17.8. The summed E-state index contributed by atoms with van der Waals surface area (Å²) < 4.78 is 32.7. The zero-order valence-corrected chi connectivity index (χ0v) is 14.3. The average Bonchev–Trinajstić information content (AvgIpc) is 3.10. The predicted octanol–water partition coefficient (Wildman–Crippen LogP) is 1.91. The van der Waals surface area contributed by atoms with E-state index in [4.69, 9.17) is 0 Å². The average molecular weight is 364 g/mol. The number of nitrogens with one attached hydrogen (secondary N) is 2. The van der Waals surface area contributed by atoms with Crippen LogP contribution in [-0.4, -0.2) is 46.6 Å². The molecule has 0 bridgehead atoms. The first-order chi connectivity index (χ1) is 12.4. The van der Waals surface area contributed by atoms with Crippen molar-refractivity contribution in [3.05, 3.63) is 53.1 Å². The molecule has 0 saturated heterocycles. The van der Waals surface area contributed by atoms with Crippen molar-refractivity contribution in [1.82, 2.24) is 20.2 Å². The number of hydrogen-bond donors (Lipinski definition) is 2. The molecule has 0 saturated carbocycles. The minimum Gasteiger partial charge on any atom is -0.467 e. The van der Waals surface area contributed by atoms with E-state index in [2.05, 4.69) is 20.0 Å². The Bertz CT molecular complexity index is 839. The molecule has 0 spiro atoms. The lowest BCUT2D eigenvalue weighted by molar-refractivity contribution is -0.142. The summed E-state index contributed by atoms with van der Waals surface area (Å²) in [5, 5.41) is 2.52. The summed E-state index contributed by atoms with van der Waals surface area (Å²) in [6.45, 7) is 1.72. The molecule has 7 nitrogen and oxygen atoms in total. The van der Waals surface area contributed by atoms with E-state index in [1.54, 1.807) is 0 Å². The third-order valence-corrected chi connectivity index (χ3v) is 4.33. The van der Waals surface area contributed by atoms with Gasteiger partial charge in [-0.3, -0.25) is 0 Å². The third kappa shape index (κ3) is 3.24. The van der Waals surface area contributed by atoms with Gasteiger partial charge in [-0.2, -0.15) is 0 Å². The van der Waals surface area contributed by atoms with E-state index in [1.807, 2.05) is 0 Å². The third-order valence-electron chi connectivity index (χ3n) is 4.33. The molecule has 0 aliphatic carbocycles. The molecule has 3 rings (SSSR count). The Labute approximate surface area is 148 Å². The van der Waals surface area contributed by atoms with Gasteiger partial charge in [0.1, 0.15) is 23.7 Å². The molecule has 0 fully saturated rings. The molecule has 1 aliphatic rings. The highest BCUT2D eigenvalue weighted by molar-refractivity contribution is 5.83. The number of aromatic amines is 1. The van der Waals surface area contributed by atoms with Gasteiger partial charge in [0.25, 0.3) is 0 Å². The molecule has 1 aliphatic heterocycles. The quantitative estimate of drug-likeness (QED) is 0.815. The van der Waals surface area contributed by atoms with Gasteiger partial charge in [-0.15, -0.1) is 0 Å². The maximum Gasteiger partial charge on any atom is 0.328 e. The molecule has 0 radical (unpaired) electrons. The lowest BCUT2D eigenvalue weighted by atomic mass is 9.95. The Morgan fingerprint density at radius 1 is 1.42 bits per heavy atom. The number of urea groups is 1. The van der Waals surface area contributed by atoms with Gasteiger partial charge in [-0.1, -0.05) is 0 Å². The number of carbonyl (C=O) groups is 2. The van der Waals surface area contributed by atoms with Crippen LogP contribution >= 0.6 is 0 Å². The molecule has 9 heteroatoms. The van der Waals surface area contributed by atoms with E-state index in [-0.39, 0.29) is 12.1 Å². The molecule has 2 atom stereocenters. The molecule has 1 aromatic heterocycles. The number of nitrogens with zero attached hydrogens (tertiary/aromatic N) is 2. The summed E-state index contributed by atoms with van der Waals surface area (Å²) in [4.78, 5) is 32.7. The molecule has 138 valence electrons. The predicted molar refractivity (Wildman–Crippen MR) is 87.2 cm³/mol. The van der Waals surface area contributed by atoms with Gasteiger partial charge in [-0.25, -0.2) is 23.4 Å². The van der Waals surface area contributed by atoms with Gasteiger partial charge in [0.2, 0.25) is 0 Å². The molecular weight excluding hydrogens is 346 g/mol. The lowest BCUT2D eigenvalue weighted by Gasteiger charge is -2.35. The Hall–Kier alpha value is -2.97. The van der Waals surface area contributed by atoms with Crippen molar-refractivity contribution >= 4 is 12.0 Å². The highest BCUT2D eigenvalue weighted by Gasteiger charge is 2.36. The Morgan fingerprint density at radius 2 is 2.19 bits per heavy atom. The summed E-state index contributed by atoms with van der Waals surface area (Å²) in [5.41, 5.74) is 1.20. The Kier molecular flexibility index (Phi) is 4.88. The van der Waals surface area contributed by atoms with E-state index in [0.29, 0.717) is 12.1 Å². The van der Waals surface area contributed by atoms with E-state index < -0.39 is 35.7 Å². The van der Waals surface area contributed by atoms with Crippen LogP contribution in [0.5, 0.6) is 0 Å². The van der Waals surface area contributed by atoms with E-state index in [9.17, 15) is 18.4 Å². The zero-order valence-electron chi connectivity index (χ0n) is 14.3. The van der Waals surface area contributed by atoms with Crippen LogP contribution in [0.25, 0.3) is 0 Å². The molecular formula is C17H18F2N4O3. The van der Waals surface area contributed by atoms with E-state index in [1.165, 1.54) is 25.3 Å². The molecule has 2 N–H and O–H groups in total. The van der Waals surface area contributed by atoms with E-state index >= 15 is 0 Å². The smallest absolute Gasteiger partial charge is 0.328 e. The first-order valence-electron chi connectivity index (χ1n) is 8.04. The zero-order chi connectivity index (χ0) is 18.8. The summed E-state index contributed by atoms with van der Waals surface area (Å²) in [6, 6.07) is 0.686. The number of methoxy groups -OCH3 is 1. The SMILES string of the molecule is COC(=O)[C@H](C)NC(=O)N1CCc2[nH]cnc2C1c1cc(F)ccc1F. The molecule has 26 heavy (non-hydrogen) atoms. The van der Waals surface area contributed by atoms with Gasteiger partial charge in [-0.05, 0) is 25.1 Å². The fourth-order valence-electron chi connectivity index (χ4n) is 3.04. The summed E-state index contributed by atoms with van der Waals surface area (Å²) in [6.07, 6.45) is 1.93. The number of amides is 2. The number of halogens is 2. The number of H-pyrrole nitrogens is 1. The molecule has 1 aromatic carbocycles. The van der Waals surface area contributed by atoms with Crippen LogP contribution < -0.4 is 5.32 Å². The molecule has 2 amide bonds. The lowest BCUT2D eigenvalue weighted by Crippen LogP contribution is -2.50. The van der Waals surface area contributed by atoms with Crippen LogP contribution in [0.2, 0.25) is 0 Å². The summed E-state index contributed by atoms with van der Waals surface area (Å²) in [5.74, 6) is -1.87. The minimum atomic E-state index is -0.912. The summed E-state index contributed by atoms with van der Waals surface area (Å²) in [7, 11) is 1.22. The fourth-order valence-corrected chi connectivity index (χ4v) is 3.04. The highest BCUT2D eigenvalue weighted by Crippen LogP contribution is 2.35. The minimum absolute atomic E-state index is 0.000999. The molecule has 1 unspecified atom stereocenters. The monoisotopic (exact) mass is 364 g/mol. The number of esters is 1. The van der Waals surface area contributed by atoms with Crippen molar-refractivity contribution in [1.29, 1.82) is 0 Å². The van der Waals surface area contributed by atoms with Crippen LogP contribution in [0.15, 0.2) is 24.5 Å². The van der Waals surface area contributed by atoms with Gasteiger partial charge in [0.15, 0.2) is 0 Å². The number of benzene rings is 1. The number of aromatic nitrogens is 2. The Morgan fingerprint density at radius 3 is 2.92 bits per heavy atom. The number of ether oxygens (including phenoxy) is 1. The number of fused-ring (bicyclic) bond motifs is 1. The van der Waals surface area contributed by atoms with Gasteiger partial charge in [0.05, 0.1) is 19.1 Å². The number of carbonyl (C=O) groups excluding carboxylic acids is 2. The van der Waals surface area contributed by atoms with Crippen LogP contribution in [0.3, 0.4) is 0 Å². The molecule has 2 aromatic rings. The van der Waals surface area contributed by atoms with Crippen molar-refractivity contribution < 1.29 is 23.1 Å². The largest absolute Gasteiger partial charge is 0.467 e. The van der Waals surface area contributed by atoms with Crippen molar-refractivity contribution in [2.24, 2.45) is 0 Å². The van der Waals surface area contributed by atoms with Gasteiger partial charge < -0.3 is 19.9 Å². The van der Waals surface area contributed by atoms with Crippen LogP contribution in [-0.2, 0) is 16.0 Å². The van der Waals surface area contributed by atoms with Crippen LogP contribution in [0, 0.1) is 11.6 Å². The van der Waals surface area contributed by atoms with Crippen molar-refractivity contribution in [3.8, 4) is 0 Å². The van der Waals surface area contributed by atoms with Crippen LogP contribution in [0.1, 0.15) is 29.9 Å². The van der Waals surface area contributed by atoms with Crippen molar-refractivity contribution in [2.45, 2.75) is 25.4 Å². The number of imidazole rings is 1. The number of rotatable bonds is 3. The van der Waals surface area contributed by atoms with E-state index in [0.717, 1.165) is 23.9 Å². The standard InChI is InChI=1S/C17H18F2N4O3/c1-9(16(24)26-2)22-17(25)23-6-5-13-14(21-8-20-13)15(23)11-7-10(18)3-4-12(11)19/h3-4,7-9,15H,5-6H2,1-2H3,(H,20,21)(H,22,25)/t9-,15?/m0/s1. The maximum atomic E-state index is 14.4. The normalized spacial score (nSPS) is 17.4. The first-order valence-corrected chi connectivity index (χ1v) is 8.04. The second kappa shape index (κ2) is 7.11. The van der Waals surface area contributed by atoms with Crippen molar-refractivity contribution in [3.63, 3.8) is 0 Å².